The molecule has 132 valence electrons. The van der Waals surface area contributed by atoms with Gasteiger partial charge in [-0.05, 0) is 31.5 Å². The lowest BCUT2D eigenvalue weighted by molar-refractivity contribution is 0.0628. The fourth-order valence-electron chi connectivity index (χ4n) is 2.77. The maximum absolute atomic E-state index is 12.7. The molecule has 8 heteroatoms. The number of halogens is 2. The fraction of sp³-hybridized carbons (Fsp3) is 0.294. The number of carbonyl (C=O) groups is 1. The number of rotatable bonds is 3. The average molecular weight is 382 g/mol. The largest absolute Gasteiger partial charge is 0.502 e. The zero-order valence-corrected chi connectivity index (χ0v) is 15.3. The third-order valence-corrected chi connectivity index (χ3v) is 4.85. The second-order valence-corrected chi connectivity index (χ2v) is 6.96. The first kappa shape index (κ1) is 17.6. The van der Waals surface area contributed by atoms with Crippen molar-refractivity contribution in [3.63, 3.8) is 0 Å². The number of hydrogen-bond donors (Lipinski definition) is 1. The summed E-state index contributed by atoms with van der Waals surface area (Å²) in [6, 6.07) is 6.44. The summed E-state index contributed by atoms with van der Waals surface area (Å²) in [6.45, 7) is 4.49. The van der Waals surface area contributed by atoms with Crippen LogP contribution in [-0.2, 0) is 6.54 Å². The normalized spacial score (nSPS) is 14.2. The van der Waals surface area contributed by atoms with Gasteiger partial charge in [0.2, 0.25) is 5.43 Å². The minimum Gasteiger partial charge on any atom is -0.502 e. The minimum absolute atomic E-state index is 0.0347. The Hall–Kier alpha value is -2.18. The Bertz CT molecular complexity index is 895. The van der Waals surface area contributed by atoms with Gasteiger partial charge in [0.05, 0.1) is 16.6 Å². The van der Waals surface area contributed by atoms with Crippen LogP contribution in [0.4, 0.5) is 0 Å². The quantitative estimate of drug-likeness (QED) is 0.887. The summed E-state index contributed by atoms with van der Waals surface area (Å²) in [6.07, 6.45) is 1.49. The molecule has 0 spiro atoms. The van der Waals surface area contributed by atoms with Gasteiger partial charge in [-0.3, -0.25) is 19.3 Å². The molecule has 0 aliphatic carbocycles. The second-order valence-electron chi connectivity index (χ2n) is 6.14. The maximum atomic E-state index is 12.7. The molecule has 0 fully saturated rings. The van der Waals surface area contributed by atoms with Crippen LogP contribution in [0.1, 0.15) is 29.9 Å². The number of amides is 1. The van der Waals surface area contributed by atoms with E-state index in [-0.39, 0.29) is 17.6 Å². The van der Waals surface area contributed by atoms with E-state index in [1.807, 2.05) is 24.9 Å². The van der Waals surface area contributed by atoms with E-state index >= 15 is 0 Å². The van der Waals surface area contributed by atoms with Crippen molar-refractivity contribution in [1.29, 1.82) is 0 Å². The molecule has 1 aromatic carbocycles. The van der Waals surface area contributed by atoms with Crippen molar-refractivity contribution in [2.75, 3.05) is 11.7 Å². The van der Waals surface area contributed by atoms with Crippen LogP contribution >= 0.6 is 23.2 Å². The second kappa shape index (κ2) is 6.61. The molecule has 0 unspecified atom stereocenters. The van der Waals surface area contributed by atoms with E-state index in [2.05, 4.69) is 0 Å². The van der Waals surface area contributed by atoms with E-state index in [9.17, 15) is 14.7 Å². The number of aromatic nitrogens is 1. The molecule has 2 aromatic rings. The van der Waals surface area contributed by atoms with E-state index in [0.29, 0.717) is 23.3 Å². The topological polar surface area (TPSA) is 65.8 Å². The first-order valence-electron chi connectivity index (χ1n) is 7.74. The van der Waals surface area contributed by atoms with Crippen molar-refractivity contribution in [3.8, 4) is 5.75 Å². The Balaban J connectivity index is 2.06. The monoisotopic (exact) mass is 381 g/mol. The summed E-state index contributed by atoms with van der Waals surface area (Å²) >= 11 is 12.0. The molecule has 1 aromatic heterocycles. The van der Waals surface area contributed by atoms with Crippen molar-refractivity contribution >= 4 is 29.1 Å². The number of hydrogen-bond acceptors (Lipinski definition) is 4. The van der Waals surface area contributed by atoms with Crippen molar-refractivity contribution in [3.05, 3.63) is 62.0 Å². The molecule has 3 rings (SSSR count). The first-order valence-corrected chi connectivity index (χ1v) is 8.50. The smallest absolute Gasteiger partial charge is 0.278 e. The van der Waals surface area contributed by atoms with Gasteiger partial charge in [-0.15, -0.1) is 0 Å². The van der Waals surface area contributed by atoms with Gasteiger partial charge in [0.15, 0.2) is 11.4 Å². The molecule has 2 heterocycles. The molecule has 0 bridgehead atoms. The molecule has 0 radical (unpaired) electrons. The highest BCUT2D eigenvalue weighted by atomic mass is 35.5. The van der Waals surface area contributed by atoms with Gasteiger partial charge in [0.25, 0.3) is 5.91 Å². The molecular formula is C17H17Cl2N3O3. The van der Waals surface area contributed by atoms with E-state index < -0.39 is 11.2 Å². The van der Waals surface area contributed by atoms with Gasteiger partial charge in [-0.1, -0.05) is 29.3 Å². The summed E-state index contributed by atoms with van der Waals surface area (Å²) in [5.74, 6) is -0.924. The Morgan fingerprint density at radius 3 is 2.52 bits per heavy atom. The Morgan fingerprint density at radius 1 is 1.16 bits per heavy atom. The predicted molar refractivity (Wildman–Crippen MR) is 96.9 cm³/mol. The van der Waals surface area contributed by atoms with Crippen LogP contribution in [0.25, 0.3) is 0 Å². The third-order valence-electron chi connectivity index (χ3n) is 4.11. The third kappa shape index (κ3) is 3.19. The lowest BCUT2D eigenvalue weighted by Gasteiger charge is -2.41. The van der Waals surface area contributed by atoms with Crippen LogP contribution in [0.15, 0.2) is 35.3 Å². The minimum atomic E-state index is -0.584. The number of pyridine rings is 1. The van der Waals surface area contributed by atoms with Crippen LogP contribution in [0, 0.1) is 0 Å². The number of nitrogens with zero attached hydrogens (tertiary/aromatic N) is 3. The fourth-order valence-corrected chi connectivity index (χ4v) is 3.09. The van der Waals surface area contributed by atoms with Crippen LogP contribution in [0.3, 0.4) is 0 Å². The predicted octanol–water partition coefficient (Wildman–Crippen LogP) is 2.82. The van der Waals surface area contributed by atoms with Gasteiger partial charge in [-0.2, -0.15) is 0 Å². The van der Waals surface area contributed by atoms with E-state index in [1.54, 1.807) is 17.0 Å². The lowest BCUT2D eigenvalue weighted by atomic mass is 10.2. The summed E-state index contributed by atoms with van der Waals surface area (Å²) < 4.78 is 1.51. The molecule has 0 saturated carbocycles. The number of fused-ring (bicyclic) bond motifs is 1. The molecule has 1 amide bonds. The summed E-state index contributed by atoms with van der Waals surface area (Å²) in [5.41, 5.74) is 0.267. The maximum Gasteiger partial charge on any atom is 0.278 e. The molecule has 1 aliphatic rings. The molecule has 1 aliphatic heterocycles. The van der Waals surface area contributed by atoms with Gasteiger partial charge in [0, 0.05) is 18.3 Å². The van der Waals surface area contributed by atoms with Crippen LogP contribution < -0.4 is 10.4 Å². The molecule has 0 saturated heterocycles. The van der Waals surface area contributed by atoms with Crippen molar-refractivity contribution in [2.24, 2.45) is 0 Å². The molecule has 0 atom stereocenters. The van der Waals surface area contributed by atoms with Crippen molar-refractivity contribution in [1.82, 2.24) is 9.58 Å². The Labute approximate surface area is 154 Å². The highest BCUT2D eigenvalue weighted by Crippen LogP contribution is 2.25. The highest BCUT2D eigenvalue weighted by Gasteiger charge is 2.33. The van der Waals surface area contributed by atoms with E-state index in [4.69, 9.17) is 23.2 Å². The number of benzene rings is 1. The van der Waals surface area contributed by atoms with Gasteiger partial charge >= 0.3 is 0 Å². The SMILES string of the molecule is CC(C)N1CN(Cc2ccc(Cl)c(Cl)c2)n2ccc(=O)c(O)c2C1=O. The van der Waals surface area contributed by atoms with E-state index in [0.717, 1.165) is 5.56 Å². The first-order chi connectivity index (χ1) is 11.8. The van der Waals surface area contributed by atoms with Crippen molar-refractivity contribution < 1.29 is 9.90 Å². The van der Waals surface area contributed by atoms with Gasteiger partial charge < -0.3 is 10.0 Å². The zero-order valence-electron chi connectivity index (χ0n) is 13.7. The Kier molecular flexibility index (Phi) is 4.67. The highest BCUT2D eigenvalue weighted by molar-refractivity contribution is 6.42. The molecule has 6 nitrogen and oxygen atoms in total. The van der Waals surface area contributed by atoms with Crippen LogP contribution in [-0.4, -0.2) is 33.3 Å². The number of aromatic hydroxyl groups is 1. The van der Waals surface area contributed by atoms with E-state index in [1.165, 1.54) is 16.9 Å². The standard InChI is InChI=1S/C17H17Cl2N3O3/c1-10(2)21-9-20(8-11-3-4-12(18)13(19)7-11)22-6-5-14(23)16(24)15(22)17(21)25/h3-7,10,24H,8-9H2,1-2H3. The Morgan fingerprint density at radius 2 is 1.88 bits per heavy atom. The zero-order chi connectivity index (χ0) is 18.3. The summed E-state index contributed by atoms with van der Waals surface area (Å²) in [7, 11) is 0. The summed E-state index contributed by atoms with van der Waals surface area (Å²) in [4.78, 5) is 26.0. The molecular weight excluding hydrogens is 365 g/mol. The van der Waals surface area contributed by atoms with Gasteiger partial charge in [-0.25, -0.2) is 0 Å². The number of carbonyl (C=O) groups excluding carboxylic acids is 1. The summed E-state index contributed by atoms with van der Waals surface area (Å²) in [5, 5.41) is 12.9. The lowest BCUT2D eigenvalue weighted by Crippen LogP contribution is -2.55. The average Bonchev–Trinajstić information content (AvgIpc) is 2.56. The van der Waals surface area contributed by atoms with Gasteiger partial charge in [0.1, 0.15) is 6.67 Å². The molecule has 1 N–H and O–H groups in total. The van der Waals surface area contributed by atoms with Crippen molar-refractivity contribution in [2.45, 2.75) is 26.4 Å². The molecule has 25 heavy (non-hydrogen) atoms. The van der Waals surface area contributed by atoms with Crippen LogP contribution in [0.5, 0.6) is 5.75 Å². The van der Waals surface area contributed by atoms with Crippen LogP contribution in [0.2, 0.25) is 10.0 Å².